The van der Waals surface area contributed by atoms with Gasteiger partial charge >= 0.3 is 0 Å². The Bertz CT molecular complexity index is 235. The second kappa shape index (κ2) is 12.4. The van der Waals surface area contributed by atoms with Crippen LogP contribution in [-0.4, -0.2) is 38.0 Å². The number of unbranched alkanes of at least 4 members (excludes halogenated alkanes) is 5. The third kappa shape index (κ3) is 7.62. The predicted octanol–water partition coefficient (Wildman–Crippen LogP) is 4.30. The van der Waals surface area contributed by atoms with Gasteiger partial charge in [-0.1, -0.05) is 52.9 Å². The molecule has 3 heteroatoms. The van der Waals surface area contributed by atoms with Crippen molar-refractivity contribution in [3.8, 4) is 0 Å². The topological polar surface area (TPSA) is 30.5 Å². The van der Waals surface area contributed by atoms with Gasteiger partial charge in [-0.25, -0.2) is 0 Å². The van der Waals surface area contributed by atoms with Crippen molar-refractivity contribution in [2.45, 2.75) is 96.8 Å². The standard InChI is InChI=1S/C18H37NO2/c1-4-7-8-9-10-11-14-20-17-15-16(19-12-5-2)18(17)21-13-6-3/h16-19H,4-15H2,1-3H3. The van der Waals surface area contributed by atoms with E-state index >= 15 is 0 Å². The van der Waals surface area contributed by atoms with E-state index in [4.69, 9.17) is 9.47 Å². The fraction of sp³-hybridized carbons (Fsp3) is 1.00. The van der Waals surface area contributed by atoms with Gasteiger partial charge in [-0.2, -0.15) is 0 Å². The van der Waals surface area contributed by atoms with Gasteiger partial charge in [-0.15, -0.1) is 0 Å². The first-order valence-electron chi connectivity index (χ1n) is 9.30. The van der Waals surface area contributed by atoms with Gasteiger partial charge in [-0.3, -0.25) is 0 Å². The lowest BCUT2D eigenvalue weighted by molar-refractivity contribution is -0.147. The molecular weight excluding hydrogens is 262 g/mol. The van der Waals surface area contributed by atoms with Gasteiger partial charge in [0.25, 0.3) is 0 Å². The number of ether oxygens (including phenoxy) is 2. The molecule has 3 unspecified atom stereocenters. The van der Waals surface area contributed by atoms with Crippen molar-refractivity contribution >= 4 is 0 Å². The monoisotopic (exact) mass is 299 g/mol. The summed E-state index contributed by atoms with van der Waals surface area (Å²) in [5, 5.41) is 3.58. The van der Waals surface area contributed by atoms with Crippen LogP contribution in [0, 0.1) is 0 Å². The molecule has 0 aromatic carbocycles. The van der Waals surface area contributed by atoms with Gasteiger partial charge in [0.1, 0.15) is 0 Å². The maximum absolute atomic E-state index is 6.04. The van der Waals surface area contributed by atoms with Crippen LogP contribution in [0.5, 0.6) is 0 Å². The Morgan fingerprint density at radius 2 is 1.57 bits per heavy atom. The van der Waals surface area contributed by atoms with Gasteiger partial charge in [0.15, 0.2) is 0 Å². The summed E-state index contributed by atoms with van der Waals surface area (Å²) in [6.07, 6.45) is 11.9. The van der Waals surface area contributed by atoms with E-state index in [0.29, 0.717) is 12.1 Å². The van der Waals surface area contributed by atoms with Gasteiger partial charge in [0.05, 0.1) is 12.2 Å². The first-order chi connectivity index (χ1) is 10.3. The molecule has 1 fully saturated rings. The second-order valence-electron chi connectivity index (χ2n) is 6.31. The Hall–Kier alpha value is -0.120. The highest BCUT2D eigenvalue weighted by Gasteiger charge is 2.42. The normalized spacial score (nSPS) is 25.0. The Morgan fingerprint density at radius 1 is 0.810 bits per heavy atom. The molecule has 0 aromatic rings. The van der Waals surface area contributed by atoms with Crippen molar-refractivity contribution in [1.29, 1.82) is 0 Å². The molecule has 1 N–H and O–H groups in total. The molecule has 0 aromatic heterocycles. The highest BCUT2D eigenvalue weighted by atomic mass is 16.5. The van der Waals surface area contributed by atoms with Crippen molar-refractivity contribution in [1.82, 2.24) is 5.32 Å². The van der Waals surface area contributed by atoms with E-state index in [1.165, 1.54) is 44.9 Å². The van der Waals surface area contributed by atoms with Crippen molar-refractivity contribution in [2.75, 3.05) is 19.8 Å². The van der Waals surface area contributed by atoms with Crippen LogP contribution >= 0.6 is 0 Å². The average Bonchev–Trinajstić information content (AvgIpc) is 2.48. The molecule has 1 aliphatic carbocycles. The Kier molecular flexibility index (Phi) is 11.2. The fourth-order valence-electron chi connectivity index (χ4n) is 2.87. The molecule has 0 spiro atoms. The highest BCUT2D eigenvalue weighted by molar-refractivity contribution is 4.97. The molecule has 1 rings (SSSR count). The summed E-state index contributed by atoms with van der Waals surface area (Å²) in [7, 11) is 0. The number of hydrogen-bond acceptors (Lipinski definition) is 3. The summed E-state index contributed by atoms with van der Waals surface area (Å²) in [6.45, 7) is 9.48. The van der Waals surface area contributed by atoms with Crippen LogP contribution in [0.1, 0.15) is 78.6 Å². The lowest BCUT2D eigenvalue weighted by Gasteiger charge is -2.44. The number of hydrogen-bond donors (Lipinski definition) is 1. The van der Waals surface area contributed by atoms with E-state index < -0.39 is 0 Å². The molecule has 0 amide bonds. The van der Waals surface area contributed by atoms with Crippen molar-refractivity contribution in [3.05, 3.63) is 0 Å². The molecule has 0 radical (unpaired) electrons. The summed E-state index contributed by atoms with van der Waals surface area (Å²) in [4.78, 5) is 0. The molecule has 3 atom stereocenters. The van der Waals surface area contributed by atoms with Crippen LogP contribution < -0.4 is 5.32 Å². The van der Waals surface area contributed by atoms with Crippen LogP contribution in [0.3, 0.4) is 0 Å². The van der Waals surface area contributed by atoms with E-state index in [1.807, 2.05) is 0 Å². The summed E-state index contributed by atoms with van der Waals surface area (Å²) < 4.78 is 12.0. The zero-order valence-electron chi connectivity index (χ0n) is 14.5. The Balaban J connectivity index is 2.09. The minimum atomic E-state index is 0.275. The van der Waals surface area contributed by atoms with E-state index in [-0.39, 0.29) is 6.10 Å². The third-order valence-corrected chi connectivity index (χ3v) is 4.25. The molecule has 3 nitrogen and oxygen atoms in total. The van der Waals surface area contributed by atoms with E-state index in [0.717, 1.165) is 32.6 Å². The molecule has 126 valence electrons. The van der Waals surface area contributed by atoms with Crippen molar-refractivity contribution < 1.29 is 9.47 Å². The molecule has 0 heterocycles. The minimum Gasteiger partial charge on any atom is -0.375 e. The van der Waals surface area contributed by atoms with Crippen molar-refractivity contribution in [3.63, 3.8) is 0 Å². The maximum Gasteiger partial charge on any atom is 0.0990 e. The quantitative estimate of drug-likeness (QED) is 0.485. The molecule has 0 aliphatic heterocycles. The van der Waals surface area contributed by atoms with E-state index in [9.17, 15) is 0 Å². The van der Waals surface area contributed by atoms with Crippen molar-refractivity contribution in [2.24, 2.45) is 0 Å². The average molecular weight is 299 g/mol. The SMILES string of the molecule is CCCCCCCCOC1CC(NCCC)C1OCCC. The zero-order valence-corrected chi connectivity index (χ0v) is 14.5. The zero-order chi connectivity index (χ0) is 15.3. The van der Waals surface area contributed by atoms with Gasteiger partial charge in [0.2, 0.25) is 0 Å². The minimum absolute atomic E-state index is 0.275. The second-order valence-corrected chi connectivity index (χ2v) is 6.31. The van der Waals surface area contributed by atoms with E-state index in [1.54, 1.807) is 0 Å². The summed E-state index contributed by atoms with van der Waals surface area (Å²) in [5.41, 5.74) is 0. The summed E-state index contributed by atoms with van der Waals surface area (Å²) in [6, 6.07) is 0.506. The molecule has 0 saturated heterocycles. The highest BCUT2D eigenvalue weighted by Crippen LogP contribution is 2.28. The van der Waals surface area contributed by atoms with E-state index in [2.05, 4.69) is 26.1 Å². The van der Waals surface area contributed by atoms with Crippen LogP contribution in [0.2, 0.25) is 0 Å². The van der Waals surface area contributed by atoms with Crippen LogP contribution in [0.25, 0.3) is 0 Å². The fourth-order valence-corrected chi connectivity index (χ4v) is 2.87. The molecule has 0 bridgehead atoms. The Labute approximate surface area is 132 Å². The predicted molar refractivity (Wildman–Crippen MR) is 89.8 cm³/mol. The third-order valence-electron chi connectivity index (χ3n) is 4.25. The molecule has 1 aliphatic rings. The van der Waals surface area contributed by atoms with Gasteiger partial charge in [0, 0.05) is 19.3 Å². The molecule has 1 saturated carbocycles. The van der Waals surface area contributed by atoms with Crippen LogP contribution in [-0.2, 0) is 9.47 Å². The largest absolute Gasteiger partial charge is 0.375 e. The lowest BCUT2D eigenvalue weighted by Crippen LogP contribution is -2.60. The molecule has 21 heavy (non-hydrogen) atoms. The van der Waals surface area contributed by atoms with Gasteiger partial charge in [-0.05, 0) is 32.2 Å². The number of nitrogens with one attached hydrogen (secondary N) is 1. The lowest BCUT2D eigenvalue weighted by atomic mass is 9.85. The smallest absolute Gasteiger partial charge is 0.0990 e. The molecular formula is C18H37NO2. The maximum atomic E-state index is 6.04. The van der Waals surface area contributed by atoms with Crippen LogP contribution in [0.4, 0.5) is 0 Å². The van der Waals surface area contributed by atoms with Gasteiger partial charge < -0.3 is 14.8 Å². The van der Waals surface area contributed by atoms with Crippen LogP contribution in [0.15, 0.2) is 0 Å². The first-order valence-corrected chi connectivity index (χ1v) is 9.30. The number of rotatable bonds is 14. The summed E-state index contributed by atoms with van der Waals surface area (Å²) >= 11 is 0. The Morgan fingerprint density at radius 3 is 2.29 bits per heavy atom. The summed E-state index contributed by atoms with van der Waals surface area (Å²) in [5.74, 6) is 0. The first kappa shape index (κ1) is 18.9.